The van der Waals surface area contributed by atoms with Crippen LogP contribution in [0.3, 0.4) is 0 Å². The molecule has 2 aromatic carbocycles. The number of imidazole rings is 1. The highest BCUT2D eigenvalue weighted by molar-refractivity contribution is 5.92. The Morgan fingerprint density at radius 2 is 1.97 bits per heavy atom. The van der Waals surface area contributed by atoms with Crippen molar-refractivity contribution in [2.75, 3.05) is 11.9 Å². The van der Waals surface area contributed by atoms with Crippen LogP contribution in [0.4, 0.5) is 10.1 Å². The van der Waals surface area contributed by atoms with Crippen molar-refractivity contribution in [3.05, 3.63) is 78.1 Å². The molecule has 0 saturated carbocycles. The molecule has 4 atom stereocenters. The Balaban J connectivity index is 1.23. The van der Waals surface area contributed by atoms with Crippen molar-refractivity contribution >= 4 is 22.6 Å². The summed E-state index contributed by atoms with van der Waals surface area (Å²) in [6, 6.07) is 14.9. The topological polar surface area (TPSA) is 107 Å². The third kappa shape index (κ3) is 4.92. The highest BCUT2D eigenvalue weighted by Crippen LogP contribution is 2.39. The molecule has 6 rings (SSSR count). The summed E-state index contributed by atoms with van der Waals surface area (Å²) in [5, 5.41) is 6.62. The van der Waals surface area contributed by atoms with Crippen LogP contribution in [0.25, 0.3) is 22.2 Å². The molecule has 9 heteroatoms. The molecular weight excluding hydrogens is 481 g/mol. The van der Waals surface area contributed by atoms with E-state index in [1.54, 1.807) is 18.3 Å². The van der Waals surface area contributed by atoms with Crippen molar-refractivity contribution in [2.45, 2.75) is 44.8 Å². The standard InChI is InChI=1S/C29H32FN7O/c1-16(2)10-26(38)33-20-11-18(13-31-14-20)24-12-22-25(15-32-24)36-37-28(22)29-34-23-5-3-4-21(27(23)35-29)17-6-8-19(30)9-7-17/h3-9,11,13-14,16,22,24-25,28,32,36-37H,10,12,15H2,1-2H3,(H,33,38)(H,34,35). The summed E-state index contributed by atoms with van der Waals surface area (Å²) >= 11 is 0. The quantitative estimate of drug-likeness (QED) is 0.258. The number of piperidine rings is 1. The number of carbonyl (C=O) groups is 1. The van der Waals surface area contributed by atoms with E-state index in [-0.39, 0.29) is 35.8 Å². The number of carbonyl (C=O) groups excluding carboxylic acids is 1. The monoisotopic (exact) mass is 513 g/mol. The average molecular weight is 514 g/mol. The van der Waals surface area contributed by atoms with Crippen molar-refractivity contribution in [2.24, 2.45) is 11.8 Å². The molecule has 2 fully saturated rings. The number of rotatable bonds is 6. The molecule has 1 amide bonds. The molecule has 0 aliphatic carbocycles. The number of hydrogen-bond donors (Lipinski definition) is 5. The van der Waals surface area contributed by atoms with E-state index in [2.05, 4.69) is 31.5 Å². The van der Waals surface area contributed by atoms with Crippen LogP contribution in [0.15, 0.2) is 60.9 Å². The molecule has 196 valence electrons. The smallest absolute Gasteiger partial charge is 0.224 e. The maximum Gasteiger partial charge on any atom is 0.224 e. The third-order valence-electron chi connectivity index (χ3n) is 7.48. The fraction of sp³-hybridized carbons (Fsp3) is 0.345. The molecule has 0 radical (unpaired) electrons. The molecule has 2 aromatic heterocycles. The van der Waals surface area contributed by atoms with Gasteiger partial charge in [0.05, 0.1) is 29.0 Å². The summed E-state index contributed by atoms with van der Waals surface area (Å²) < 4.78 is 13.5. The summed E-state index contributed by atoms with van der Waals surface area (Å²) in [6.07, 6.45) is 4.93. The predicted molar refractivity (Wildman–Crippen MR) is 145 cm³/mol. The van der Waals surface area contributed by atoms with Crippen LogP contribution in [0.2, 0.25) is 0 Å². The van der Waals surface area contributed by atoms with Gasteiger partial charge in [0, 0.05) is 42.7 Å². The first-order chi connectivity index (χ1) is 18.4. The number of pyridine rings is 1. The first-order valence-corrected chi connectivity index (χ1v) is 13.2. The van der Waals surface area contributed by atoms with Crippen LogP contribution in [0.1, 0.15) is 50.2 Å². The van der Waals surface area contributed by atoms with E-state index in [1.807, 2.05) is 44.3 Å². The largest absolute Gasteiger partial charge is 0.341 e. The summed E-state index contributed by atoms with van der Waals surface area (Å²) in [5.74, 6) is 1.21. The van der Waals surface area contributed by atoms with E-state index in [9.17, 15) is 9.18 Å². The van der Waals surface area contributed by atoms with Gasteiger partial charge in [-0.05, 0) is 47.7 Å². The molecule has 2 aliphatic rings. The summed E-state index contributed by atoms with van der Waals surface area (Å²) in [7, 11) is 0. The fourth-order valence-corrected chi connectivity index (χ4v) is 5.66. The van der Waals surface area contributed by atoms with Gasteiger partial charge in [-0.15, -0.1) is 0 Å². The SMILES string of the molecule is CC(C)CC(=O)Nc1cncc(C2CC3C(CN2)NNC3c2nc3c(-c4ccc(F)cc4)cccc3[nH]2)c1. The number of anilines is 1. The zero-order valence-corrected chi connectivity index (χ0v) is 21.5. The van der Waals surface area contributed by atoms with Gasteiger partial charge in [0.1, 0.15) is 11.6 Å². The van der Waals surface area contributed by atoms with Gasteiger partial charge in [0.2, 0.25) is 5.91 Å². The lowest BCUT2D eigenvalue weighted by Gasteiger charge is -2.34. The van der Waals surface area contributed by atoms with E-state index >= 15 is 0 Å². The second-order valence-electron chi connectivity index (χ2n) is 10.7. The van der Waals surface area contributed by atoms with Crippen LogP contribution < -0.4 is 21.5 Å². The molecule has 2 saturated heterocycles. The number of hydrogen-bond acceptors (Lipinski definition) is 6. The lowest BCUT2D eigenvalue weighted by molar-refractivity contribution is -0.116. The Kier molecular flexibility index (Phi) is 6.65. The van der Waals surface area contributed by atoms with Gasteiger partial charge in [-0.25, -0.2) is 14.8 Å². The first kappa shape index (κ1) is 24.7. The highest BCUT2D eigenvalue weighted by Gasteiger charge is 2.42. The zero-order chi connectivity index (χ0) is 26.2. The number of para-hydroxylation sites is 1. The Morgan fingerprint density at radius 1 is 1.13 bits per heavy atom. The van der Waals surface area contributed by atoms with E-state index in [1.165, 1.54) is 12.1 Å². The molecule has 5 N–H and O–H groups in total. The minimum Gasteiger partial charge on any atom is -0.341 e. The van der Waals surface area contributed by atoms with Gasteiger partial charge >= 0.3 is 0 Å². The van der Waals surface area contributed by atoms with Crippen molar-refractivity contribution in [1.29, 1.82) is 0 Å². The van der Waals surface area contributed by atoms with Crippen LogP contribution >= 0.6 is 0 Å². The van der Waals surface area contributed by atoms with Crippen LogP contribution in [-0.4, -0.2) is 33.4 Å². The Labute approximate surface area is 220 Å². The van der Waals surface area contributed by atoms with Crippen molar-refractivity contribution in [3.63, 3.8) is 0 Å². The van der Waals surface area contributed by atoms with Crippen LogP contribution in [0.5, 0.6) is 0 Å². The molecule has 2 aliphatic heterocycles. The second kappa shape index (κ2) is 10.2. The summed E-state index contributed by atoms with van der Waals surface area (Å²) in [5.41, 5.74) is 12.4. The minimum atomic E-state index is -0.255. The summed E-state index contributed by atoms with van der Waals surface area (Å²) in [6.45, 7) is 4.86. The molecule has 4 heterocycles. The molecule has 4 aromatic rings. The van der Waals surface area contributed by atoms with Crippen molar-refractivity contribution < 1.29 is 9.18 Å². The lowest BCUT2D eigenvalue weighted by atomic mass is 9.82. The molecule has 0 spiro atoms. The van der Waals surface area contributed by atoms with E-state index < -0.39 is 0 Å². The van der Waals surface area contributed by atoms with Crippen LogP contribution in [-0.2, 0) is 4.79 Å². The highest BCUT2D eigenvalue weighted by atomic mass is 19.1. The number of nitrogens with zero attached hydrogens (tertiary/aromatic N) is 2. The second-order valence-corrected chi connectivity index (χ2v) is 10.7. The number of aromatic amines is 1. The Bertz CT molecular complexity index is 1450. The number of benzene rings is 2. The number of fused-ring (bicyclic) bond motifs is 2. The van der Waals surface area contributed by atoms with E-state index in [0.717, 1.165) is 52.2 Å². The normalized spacial score (nSPS) is 23.1. The zero-order valence-electron chi connectivity index (χ0n) is 21.5. The number of amides is 1. The van der Waals surface area contributed by atoms with Crippen molar-refractivity contribution in [3.8, 4) is 11.1 Å². The molecular formula is C29H32FN7O. The number of aromatic nitrogens is 3. The van der Waals surface area contributed by atoms with E-state index in [0.29, 0.717) is 12.3 Å². The molecule has 8 nitrogen and oxygen atoms in total. The first-order valence-electron chi connectivity index (χ1n) is 13.2. The van der Waals surface area contributed by atoms with Gasteiger partial charge < -0.3 is 15.6 Å². The average Bonchev–Trinajstić information content (AvgIpc) is 3.52. The number of hydrazine groups is 1. The van der Waals surface area contributed by atoms with Crippen molar-refractivity contribution in [1.82, 2.24) is 31.1 Å². The van der Waals surface area contributed by atoms with Crippen LogP contribution in [0, 0.1) is 17.7 Å². The molecule has 38 heavy (non-hydrogen) atoms. The Hall–Kier alpha value is -3.66. The number of H-pyrrole nitrogens is 1. The summed E-state index contributed by atoms with van der Waals surface area (Å²) in [4.78, 5) is 25.2. The maximum atomic E-state index is 13.5. The molecule has 4 unspecified atom stereocenters. The van der Waals surface area contributed by atoms with E-state index in [4.69, 9.17) is 4.98 Å². The fourth-order valence-electron chi connectivity index (χ4n) is 5.66. The molecule has 0 bridgehead atoms. The third-order valence-corrected chi connectivity index (χ3v) is 7.48. The Morgan fingerprint density at radius 3 is 2.79 bits per heavy atom. The van der Waals surface area contributed by atoms with Gasteiger partial charge in [-0.3, -0.25) is 15.2 Å². The van der Waals surface area contributed by atoms with Gasteiger partial charge in [0.15, 0.2) is 0 Å². The predicted octanol–water partition coefficient (Wildman–Crippen LogP) is 4.62. The van der Waals surface area contributed by atoms with Gasteiger partial charge in [-0.1, -0.05) is 38.1 Å². The minimum absolute atomic E-state index is 0.0000424. The number of nitrogens with one attached hydrogen (secondary N) is 5. The maximum absolute atomic E-state index is 13.5. The number of halogens is 1. The lowest BCUT2D eigenvalue weighted by Crippen LogP contribution is -2.46. The van der Waals surface area contributed by atoms with Gasteiger partial charge in [0.25, 0.3) is 0 Å². The van der Waals surface area contributed by atoms with Gasteiger partial charge in [-0.2, -0.15) is 0 Å².